The molecule has 104 valence electrons. The SMILES string of the molecule is CCOc1cc(Oc2cccc(C(N)=O)c2)ccc1N. The second kappa shape index (κ2) is 5.97. The van der Waals surface area contributed by atoms with Crippen LogP contribution in [-0.4, -0.2) is 12.5 Å². The van der Waals surface area contributed by atoms with Crippen molar-refractivity contribution in [3.63, 3.8) is 0 Å². The summed E-state index contributed by atoms with van der Waals surface area (Å²) in [4.78, 5) is 11.1. The number of nitrogens with two attached hydrogens (primary N) is 2. The van der Waals surface area contributed by atoms with E-state index in [9.17, 15) is 4.79 Å². The van der Waals surface area contributed by atoms with E-state index in [2.05, 4.69) is 0 Å². The number of carbonyl (C=O) groups is 1. The Morgan fingerprint density at radius 1 is 1.15 bits per heavy atom. The molecule has 0 aromatic heterocycles. The molecule has 0 heterocycles. The smallest absolute Gasteiger partial charge is 0.248 e. The molecule has 0 saturated carbocycles. The lowest BCUT2D eigenvalue weighted by atomic mass is 10.2. The third kappa shape index (κ3) is 3.20. The van der Waals surface area contributed by atoms with Gasteiger partial charge in [-0.05, 0) is 37.3 Å². The van der Waals surface area contributed by atoms with Crippen molar-refractivity contribution in [3.05, 3.63) is 48.0 Å². The van der Waals surface area contributed by atoms with Crippen molar-refractivity contribution >= 4 is 11.6 Å². The molecule has 0 bridgehead atoms. The molecule has 0 unspecified atom stereocenters. The first-order chi connectivity index (χ1) is 9.60. The van der Waals surface area contributed by atoms with E-state index in [0.29, 0.717) is 35.1 Å². The van der Waals surface area contributed by atoms with Crippen LogP contribution < -0.4 is 20.9 Å². The van der Waals surface area contributed by atoms with Gasteiger partial charge in [0.25, 0.3) is 0 Å². The second-order valence-electron chi connectivity index (χ2n) is 4.13. The maximum atomic E-state index is 11.1. The van der Waals surface area contributed by atoms with E-state index in [-0.39, 0.29) is 0 Å². The van der Waals surface area contributed by atoms with Crippen LogP contribution in [0.2, 0.25) is 0 Å². The maximum Gasteiger partial charge on any atom is 0.248 e. The molecule has 0 saturated heterocycles. The van der Waals surface area contributed by atoms with E-state index >= 15 is 0 Å². The standard InChI is InChI=1S/C15H16N2O3/c1-2-19-14-9-12(6-7-13(14)16)20-11-5-3-4-10(8-11)15(17)18/h3-9H,2,16H2,1H3,(H2,17,18). The van der Waals surface area contributed by atoms with Crippen molar-refractivity contribution < 1.29 is 14.3 Å². The summed E-state index contributed by atoms with van der Waals surface area (Å²) in [5.74, 6) is 1.16. The summed E-state index contributed by atoms with van der Waals surface area (Å²) in [5.41, 5.74) is 12.0. The van der Waals surface area contributed by atoms with Gasteiger partial charge in [-0.2, -0.15) is 0 Å². The zero-order valence-corrected chi connectivity index (χ0v) is 11.1. The predicted octanol–water partition coefficient (Wildman–Crippen LogP) is 2.56. The molecule has 20 heavy (non-hydrogen) atoms. The maximum absolute atomic E-state index is 11.1. The van der Waals surface area contributed by atoms with Crippen molar-refractivity contribution in [2.45, 2.75) is 6.92 Å². The number of anilines is 1. The number of benzene rings is 2. The van der Waals surface area contributed by atoms with E-state index < -0.39 is 5.91 Å². The molecule has 0 aliphatic heterocycles. The van der Waals surface area contributed by atoms with Crippen molar-refractivity contribution in [1.82, 2.24) is 0 Å². The first-order valence-electron chi connectivity index (χ1n) is 6.20. The largest absolute Gasteiger partial charge is 0.492 e. The Balaban J connectivity index is 2.23. The van der Waals surface area contributed by atoms with E-state index in [1.165, 1.54) is 0 Å². The Bertz CT molecular complexity index is 626. The summed E-state index contributed by atoms with van der Waals surface area (Å²) in [7, 11) is 0. The molecule has 1 amide bonds. The second-order valence-corrected chi connectivity index (χ2v) is 4.13. The number of amides is 1. The Morgan fingerprint density at radius 2 is 1.90 bits per heavy atom. The fraction of sp³-hybridized carbons (Fsp3) is 0.133. The lowest BCUT2D eigenvalue weighted by molar-refractivity contribution is 0.1000. The lowest BCUT2D eigenvalue weighted by Crippen LogP contribution is -2.10. The van der Waals surface area contributed by atoms with Gasteiger partial charge in [0.15, 0.2) is 0 Å². The highest BCUT2D eigenvalue weighted by molar-refractivity contribution is 5.93. The zero-order valence-electron chi connectivity index (χ0n) is 11.1. The van der Waals surface area contributed by atoms with Crippen LogP contribution in [0.3, 0.4) is 0 Å². The van der Waals surface area contributed by atoms with Crippen LogP contribution in [0.25, 0.3) is 0 Å². The van der Waals surface area contributed by atoms with Crippen molar-refractivity contribution in [1.29, 1.82) is 0 Å². The molecule has 0 aliphatic rings. The van der Waals surface area contributed by atoms with Crippen LogP contribution in [0, 0.1) is 0 Å². The minimum atomic E-state index is -0.497. The fourth-order valence-corrected chi connectivity index (χ4v) is 1.71. The number of hydrogen-bond donors (Lipinski definition) is 2. The molecule has 5 nitrogen and oxygen atoms in total. The quantitative estimate of drug-likeness (QED) is 0.819. The number of nitrogen functional groups attached to an aromatic ring is 1. The van der Waals surface area contributed by atoms with E-state index in [1.807, 2.05) is 6.92 Å². The van der Waals surface area contributed by atoms with Crippen LogP contribution in [0.1, 0.15) is 17.3 Å². The average Bonchev–Trinajstić information content (AvgIpc) is 2.43. The molecular weight excluding hydrogens is 256 g/mol. The van der Waals surface area contributed by atoms with E-state index in [0.717, 1.165) is 0 Å². The fourth-order valence-electron chi connectivity index (χ4n) is 1.71. The first-order valence-corrected chi connectivity index (χ1v) is 6.20. The van der Waals surface area contributed by atoms with Crippen LogP contribution in [0.15, 0.2) is 42.5 Å². The van der Waals surface area contributed by atoms with Crippen LogP contribution in [-0.2, 0) is 0 Å². The van der Waals surface area contributed by atoms with Gasteiger partial charge in [0, 0.05) is 11.6 Å². The van der Waals surface area contributed by atoms with Gasteiger partial charge >= 0.3 is 0 Å². The van der Waals surface area contributed by atoms with Gasteiger partial charge in [-0.3, -0.25) is 4.79 Å². The summed E-state index contributed by atoms with van der Waals surface area (Å²) >= 11 is 0. The minimum Gasteiger partial charge on any atom is -0.492 e. The van der Waals surface area contributed by atoms with E-state index in [1.54, 1.807) is 42.5 Å². The third-order valence-electron chi connectivity index (χ3n) is 2.64. The van der Waals surface area contributed by atoms with E-state index in [4.69, 9.17) is 20.9 Å². The predicted molar refractivity (Wildman–Crippen MR) is 77.1 cm³/mol. The molecular formula is C15H16N2O3. The molecule has 4 N–H and O–H groups in total. The number of ether oxygens (including phenoxy) is 2. The van der Waals surface area contributed by atoms with Gasteiger partial charge in [0.2, 0.25) is 5.91 Å². The van der Waals surface area contributed by atoms with Gasteiger partial charge < -0.3 is 20.9 Å². The van der Waals surface area contributed by atoms with Crippen LogP contribution >= 0.6 is 0 Å². The van der Waals surface area contributed by atoms with Crippen molar-refractivity contribution in [2.24, 2.45) is 5.73 Å². The van der Waals surface area contributed by atoms with Gasteiger partial charge in [-0.1, -0.05) is 6.07 Å². The normalized spacial score (nSPS) is 10.1. The first kappa shape index (κ1) is 13.7. The summed E-state index contributed by atoms with van der Waals surface area (Å²) < 4.78 is 11.1. The Labute approximate surface area is 117 Å². The molecule has 2 rings (SSSR count). The average molecular weight is 272 g/mol. The Kier molecular flexibility index (Phi) is 4.10. The molecule has 0 spiro atoms. The molecule has 2 aromatic rings. The van der Waals surface area contributed by atoms with Gasteiger partial charge in [0.1, 0.15) is 17.2 Å². The summed E-state index contributed by atoms with van der Waals surface area (Å²) in [6, 6.07) is 11.8. The highest BCUT2D eigenvalue weighted by Crippen LogP contribution is 2.30. The molecule has 0 fully saturated rings. The topological polar surface area (TPSA) is 87.6 Å². The summed E-state index contributed by atoms with van der Waals surface area (Å²) in [6.07, 6.45) is 0. The monoisotopic (exact) mass is 272 g/mol. The molecule has 2 aromatic carbocycles. The lowest BCUT2D eigenvalue weighted by Gasteiger charge is -2.10. The molecule has 0 radical (unpaired) electrons. The summed E-state index contributed by atoms with van der Waals surface area (Å²) in [6.45, 7) is 2.40. The van der Waals surface area contributed by atoms with Gasteiger partial charge in [-0.25, -0.2) is 0 Å². The van der Waals surface area contributed by atoms with Crippen LogP contribution in [0.5, 0.6) is 17.2 Å². The number of primary amides is 1. The third-order valence-corrected chi connectivity index (χ3v) is 2.64. The Hall–Kier alpha value is -2.69. The molecule has 0 aliphatic carbocycles. The number of hydrogen-bond acceptors (Lipinski definition) is 4. The van der Waals surface area contributed by atoms with Gasteiger partial charge in [-0.15, -0.1) is 0 Å². The van der Waals surface area contributed by atoms with Crippen LogP contribution in [0.4, 0.5) is 5.69 Å². The molecule has 0 atom stereocenters. The van der Waals surface area contributed by atoms with Gasteiger partial charge in [0.05, 0.1) is 12.3 Å². The Morgan fingerprint density at radius 3 is 2.60 bits per heavy atom. The minimum absolute atomic E-state index is 0.392. The number of rotatable bonds is 5. The highest BCUT2D eigenvalue weighted by atomic mass is 16.5. The van der Waals surface area contributed by atoms with Crippen molar-refractivity contribution in [2.75, 3.05) is 12.3 Å². The molecule has 5 heteroatoms. The summed E-state index contributed by atoms with van der Waals surface area (Å²) in [5, 5.41) is 0. The van der Waals surface area contributed by atoms with Crippen molar-refractivity contribution in [3.8, 4) is 17.2 Å². The number of carbonyl (C=O) groups excluding carboxylic acids is 1. The highest BCUT2D eigenvalue weighted by Gasteiger charge is 2.06. The zero-order chi connectivity index (χ0) is 14.5.